The van der Waals surface area contributed by atoms with E-state index in [2.05, 4.69) is 17.2 Å². The van der Waals surface area contributed by atoms with E-state index in [1.807, 2.05) is 17.7 Å². The first-order valence-corrected chi connectivity index (χ1v) is 8.63. The molecule has 1 aliphatic rings. The molecule has 1 aromatic heterocycles. The molecule has 0 bridgehead atoms. The number of imidazole rings is 1. The molecule has 1 aliphatic heterocycles. The first kappa shape index (κ1) is 13.6. The van der Waals surface area contributed by atoms with Crippen LogP contribution in [0.15, 0.2) is 23.1 Å². The number of sulfone groups is 1. The third-order valence-corrected chi connectivity index (χ3v) is 5.26. The van der Waals surface area contributed by atoms with E-state index in [-0.39, 0.29) is 5.54 Å². The van der Waals surface area contributed by atoms with Gasteiger partial charge >= 0.3 is 0 Å². The fourth-order valence-corrected chi connectivity index (χ4v) is 3.89. The second-order valence-corrected chi connectivity index (χ2v) is 7.74. The lowest BCUT2D eigenvalue weighted by molar-refractivity contribution is 0.397. The molecule has 3 rings (SSSR count). The average molecular weight is 293 g/mol. The van der Waals surface area contributed by atoms with Crippen molar-refractivity contribution in [3.05, 3.63) is 24.0 Å². The molecule has 0 amide bonds. The normalized spacial score (nSPS) is 23.6. The highest BCUT2D eigenvalue weighted by atomic mass is 32.2. The molecule has 1 fully saturated rings. The summed E-state index contributed by atoms with van der Waals surface area (Å²) in [5, 5.41) is 3.48. The van der Waals surface area contributed by atoms with Crippen LogP contribution in [0.25, 0.3) is 11.0 Å². The number of aryl methyl sites for hydroxylation is 1. The van der Waals surface area contributed by atoms with E-state index in [4.69, 9.17) is 0 Å². The van der Waals surface area contributed by atoms with E-state index in [0.717, 1.165) is 30.7 Å². The summed E-state index contributed by atoms with van der Waals surface area (Å²) >= 11 is 0. The third kappa shape index (κ3) is 1.94. The van der Waals surface area contributed by atoms with Crippen molar-refractivity contribution in [2.75, 3.05) is 12.8 Å². The van der Waals surface area contributed by atoms with Gasteiger partial charge in [0, 0.05) is 13.3 Å². The van der Waals surface area contributed by atoms with Gasteiger partial charge in [-0.2, -0.15) is 0 Å². The van der Waals surface area contributed by atoms with Gasteiger partial charge in [0.05, 0.1) is 16.0 Å². The van der Waals surface area contributed by atoms with E-state index < -0.39 is 9.84 Å². The zero-order valence-electron chi connectivity index (χ0n) is 12.0. The second kappa shape index (κ2) is 4.30. The molecule has 1 N–H and O–H groups in total. The van der Waals surface area contributed by atoms with Gasteiger partial charge in [0.2, 0.25) is 0 Å². The number of nitrogens with zero attached hydrogens (tertiary/aromatic N) is 2. The number of nitrogens with one attached hydrogen (secondary N) is 1. The molecule has 0 spiro atoms. The first-order chi connectivity index (χ1) is 9.33. The fourth-order valence-electron chi connectivity index (χ4n) is 3.07. The highest BCUT2D eigenvalue weighted by Crippen LogP contribution is 2.33. The van der Waals surface area contributed by atoms with Gasteiger partial charge in [-0.3, -0.25) is 0 Å². The van der Waals surface area contributed by atoms with E-state index in [1.54, 1.807) is 12.1 Å². The Morgan fingerprint density at radius 2 is 2.15 bits per heavy atom. The van der Waals surface area contributed by atoms with Crippen LogP contribution < -0.4 is 5.32 Å². The lowest BCUT2D eigenvalue weighted by atomic mass is 9.99. The van der Waals surface area contributed by atoms with Crippen LogP contribution in [-0.2, 0) is 22.4 Å². The second-order valence-electron chi connectivity index (χ2n) is 5.75. The Hall–Kier alpha value is -1.40. The maximum atomic E-state index is 11.9. The summed E-state index contributed by atoms with van der Waals surface area (Å²) in [4.78, 5) is 4.96. The fraction of sp³-hybridized carbons (Fsp3) is 0.500. The minimum absolute atomic E-state index is 0.178. The quantitative estimate of drug-likeness (QED) is 0.913. The van der Waals surface area contributed by atoms with Crippen LogP contribution >= 0.6 is 0 Å². The van der Waals surface area contributed by atoms with Crippen LogP contribution in [0.2, 0.25) is 0 Å². The maximum Gasteiger partial charge on any atom is 0.177 e. The van der Waals surface area contributed by atoms with Crippen LogP contribution in [0, 0.1) is 0 Å². The van der Waals surface area contributed by atoms with Crippen LogP contribution in [0.5, 0.6) is 0 Å². The third-order valence-electron chi connectivity index (χ3n) is 4.14. The molecule has 1 unspecified atom stereocenters. The van der Waals surface area contributed by atoms with Crippen molar-refractivity contribution < 1.29 is 8.42 Å². The van der Waals surface area contributed by atoms with Gasteiger partial charge in [-0.25, -0.2) is 13.4 Å². The lowest BCUT2D eigenvalue weighted by Gasteiger charge is -2.23. The van der Waals surface area contributed by atoms with Crippen LogP contribution in [0.3, 0.4) is 0 Å². The van der Waals surface area contributed by atoms with E-state index in [0.29, 0.717) is 10.4 Å². The Kier molecular flexibility index (Phi) is 2.92. The summed E-state index contributed by atoms with van der Waals surface area (Å²) in [5.41, 5.74) is 1.25. The Morgan fingerprint density at radius 1 is 1.40 bits per heavy atom. The lowest BCUT2D eigenvalue weighted by Crippen LogP contribution is -2.35. The molecule has 6 heteroatoms. The number of hydrogen-bond donors (Lipinski definition) is 1. The summed E-state index contributed by atoms with van der Waals surface area (Å²) in [6, 6.07) is 5.31. The van der Waals surface area contributed by atoms with Crippen molar-refractivity contribution in [3.8, 4) is 0 Å². The molecule has 0 aliphatic carbocycles. The zero-order chi connectivity index (χ0) is 14.5. The molecular formula is C14H19N3O2S. The van der Waals surface area contributed by atoms with Gasteiger partial charge in [0.15, 0.2) is 9.84 Å². The number of benzene rings is 1. The topological polar surface area (TPSA) is 64.0 Å². The summed E-state index contributed by atoms with van der Waals surface area (Å²) in [5.74, 6) is 0.904. The number of hydrogen-bond acceptors (Lipinski definition) is 4. The van der Waals surface area contributed by atoms with Crippen molar-refractivity contribution in [2.24, 2.45) is 7.05 Å². The van der Waals surface area contributed by atoms with E-state index in [1.165, 1.54) is 6.26 Å². The SMILES string of the molecule is Cn1c(C2(C)CCCN2)nc2c(S(C)(=O)=O)cccc21. The van der Waals surface area contributed by atoms with Crippen molar-refractivity contribution >= 4 is 20.9 Å². The molecule has 5 nitrogen and oxygen atoms in total. The molecule has 1 aromatic carbocycles. The molecule has 1 atom stereocenters. The number of rotatable bonds is 2. The van der Waals surface area contributed by atoms with Crippen LogP contribution in [-0.4, -0.2) is 30.8 Å². The predicted molar refractivity (Wildman–Crippen MR) is 78.4 cm³/mol. The first-order valence-electron chi connectivity index (χ1n) is 6.74. The van der Waals surface area contributed by atoms with Gasteiger partial charge in [-0.15, -0.1) is 0 Å². The molecule has 20 heavy (non-hydrogen) atoms. The van der Waals surface area contributed by atoms with Gasteiger partial charge in [-0.1, -0.05) is 6.07 Å². The highest BCUT2D eigenvalue weighted by molar-refractivity contribution is 7.91. The summed E-state index contributed by atoms with van der Waals surface area (Å²) in [7, 11) is -1.33. The molecule has 2 heterocycles. The molecule has 0 saturated carbocycles. The molecule has 2 aromatic rings. The summed E-state index contributed by atoms with van der Waals surface area (Å²) in [6.07, 6.45) is 3.35. The van der Waals surface area contributed by atoms with Crippen molar-refractivity contribution in [1.29, 1.82) is 0 Å². The molecular weight excluding hydrogens is 274 g/mol. The minimum Gasteiger partial charge on any atom is -0.330 e. The average Bonchev–Trinajstić information content (AvgIpc) is 2.94. The van der Waals surface area contributed by atoms with Gasteiger partial charge < -0.3 is 9.88 Å². The zero-order valence-corrected chi connectivity index (χ0v) is 12.8. The largest absolute Gasteiger partial charge is 0.330 e. The minimum atomic E-state index is -3.27. The van der Waals surface area contributed by atoms with Crippen molar-refractivity contribution in [1.82, 2.24) is 14.9 Å². The Labute approximate surface area is 118 Å². The molecule has 1 saturated heterocycles. The van der Waals surface area contributed by atoms with Crippen LogP contribution in [0.4, 0.5) is 0 Å². The van der Waals surface area contributed by atoms with Gasteiger partial charge in [0.1, 0.15) is 11.3 Å². The Bertz CT molecular complexity index is 771. The van der Waals surface area contributed by atoms with E-state index in [9.17, 15) is 8.42 Å². The van der Waals surface area contributed by atoms with Gasteiger partial charge in [-0.05, 0) is 38.4 Å². The van der Waals surface area contributed by atoms with Crippen molar-refractivity contribution in [2.45, 2.75) is 30.2 Å². The number of aromatic nitrogens is 2. The highest BCUT2D eigenvalue weighted by Gasteiger charge is 2.35. The number of para-hydroxylation sites is 1. The molecule has 0 radical (unpaired) electrons. The molecule has 108 valence electrons. The monoisotopic (exact) mass is 293 g/mol. The Balaban J connectivity index is 2.30. The predicted octanol–water partition coefficient (Wildman–Crippen LogP) is 1.58. The summed E-state index contributed by atoms with van der Waals surface area (Å²) in [6.45, 7) is 3.10. The Morgan fingerprint density at radius 3 is 2.75 bits per heavy atom. The van der Waals surface area contributed by atoms with E-state index >= 15 is 0 Å². The van der Waals surface area contributed by atoms with Crippen molar-refractivity contribution in [3.63, 3.8) is 0 Å². The number of fused-ring (bicyclic) bond motifs is 1. The van der Waals surface area contributed by atoms with Crippen LogP contribution in [0.1, 0.15) is 25.6 Å². The summed E-state index contributed by atoms with van der Waals surface area (Å²) < 4.78 is 25.8. The van der Waals surface area contributed by atoms with Gasteiger partial charge in [0.25, 0.3) is 0 Å². The standard InChI is InChI=1S/C14H19N3O2S/c1-14(8-5-9-15-14)13-16-12-10(17(13)2)6-4-7-11(12)20(3,18)19/h4,6-7,15H,5,8-9H2,1-3H3. The maximum absolute atomic E-state index is 11.9. The smallest absolute Gasteiger partial charge is 0.177 e.